The highest BCUT2D eigenvalue weighted by molar-refractivity contribution is 9.10. The average Bonchev–Trinajstić information content (AvgIpc) is 2.13. The Hall–Kier alpha value is -0.610. The first-order valence-corrected chi connectivity index (χ1v) is 5.46. The van der Waals surface area contributed by atoms with E-state index in [1.54, 1.807) is 17.7 Å². The molecule has 1 rings (SSSR count). The summed E-state index contributed by atoms with van der Waals surface area (Å²) in [5.41, 5.74) is 6.58. The molecule has 0 radical (unpaired) electrons. The zero-order chi connectivity index (χ0) is 10.7. The normalized spacial score (nSPS) is 12.9. The zero-order valence-electron chi connectivity index (χ0n) is 8.46. The highest BCUT2D eigenvalue weighted by Crippen LogP contribution is 2.08. The van der Waals surface area contributed by atoms with Gasteiger partial charge in [0.2, 0.25) is 0 Å². The molecule has 2 N–H and O–H groups in total. The number of aromatic nitrogens is 1. The lowest BCUT2D eigenvalue weighted by molar-refractivity contribution is 0.525. The molecule has 0 aliphatic carbocycles. The molecule has 0 amide bonds. The Morgan fingerprint density at radius 1 is 1.64 bits per heavy atom. The van der Waals surface area contributed by atoms with Gasteiger partial charge in [-0.25, -0.2) is 0 Å². The number of nitrogens with two attached hydrogens (primary N) is 1. The van der Waals surface area contributed by atoms with Gasteiger partial charge in [0.15, 0.2) is 0 Å². The predicted octanol–water partition coefficient (Wildman–Crippen LogP) is 1.66. The fourth-order valence-electron chi connectivity index (χ4n) is 1.26. The molecule has 1 heterocycles. The lowest BCUT2D eigenvalue weighted by Crippen LogP contribution is -2.32. The molecule has 3 nitrogen and oxygen atoms in total. The molecule has 0 aliphatic rings. The number of hydrogen-bond acceptors (Lipinski definition) is 2. The molecule has 1 unspecified atom stereocenters. The zero-order valence-corrected chi connectivity index (χ0v) is 10.0. The SMILES string of the molecule is CCC(N)Cn1cc(Br)cc(C)c1=O. The second-order valence-corrected chi connectivity index (χ2v) is 4.38. The van der Waals surface area contributed by atoms with Crippen LogP contribution in [0.5, 0.6) is 0 Å². The van der Waals surface area contributed by atoms with Crippen molar-refractivity contribution in [1.29, 1.82) is 0 Å². The molecular weight excluding hydrogens is 244 g/mol. The van der Waals surface area contributed by atoms with Crippen LogP contribution in [0.2, 0.25) is 0 Å². The lowest BCUT2D eigenvalue weighted by atomic mass is 10.2. The van der Waals surface area contributed by atoms with E-state index < -0.39 is 0 Å². The van der Waals surface area contributed by atoms with Crippen LogP contribution < -0.4 is 11.3 Å². The lowest BCUT2D eigenvalue weighted by Gasteiger charge is -2.12. The predicted molar refractivity (Wildman–Crippen MR) is 61.4 cm³/mol. The summed E-state index contributed by atoms with van der Waals surface area (Å²) in [6.45, 7) is 4.40. The van der Waals surface area contributed by atoms with E-state index in [2.05, 4.69) is 15.9 Å². The van der Waals surface area contributed by atoms with Gasteiger partial charge in [-0.1, -0.05) is 6.92 Å². The standard InChI is InChI=1S/C10H15BrN2O/c1-3-9(12)6-13-5-8(11)4-7(2)10(13)14/h4-5,9H,3,6,12H2,1-2H3. The first-order chi connectivity index (χ1) is 6.54. The highest BCUT2D eigenvalue weighted by atomic mass is 79.9. The van der Waals surface area contributed by atoms with Gasteiger partial charge in [-0.3, -0.25) is 4.79 Å². The van der Waals surface area contributed by atoms with Gasteiger partial charge in [0.05, 0.1) is 0 Å². The van der Waals surface area contributed by atoms with Gasteiger partial charge in [-0.15, -0.1) is 0 Å². The second kappa shape index (κ2) is 4.75. The van der Waals surface area contributed by atoms with Crippen LogP contribution in [0.15, 0.2) is 21.5 Å². The van der Waals surface area contributed by atoms with Gasteiger partial charge >= 0.3 is 0 Å². The van der Waals surface area contributed by atoms with Crippen LogP contribution in [-0.4, -0.2) is 10.6 Å². The van der Waals surface area contributed by atoms with Gasteiger partial charge in [-0.2, -0.15) is 0 Å². The minimum atomic E-state index is 0.0390. The fourth-order valence-corrected chi connectivity index (χ4v) is 1.85. The molecular formula is C10H15BrN2O. The van der Waals surface area contributed by atoms with Crippen molar-refractivity contribution < 1.29 is 0 Å². The number of nitrogens with zero attached hydrogens (tertiary/aromatic N) is 1. The molecule has 1 atom stereocenters. The topological polar surface area (TPSA) is 48.0 Å². The van der Waals surface area contributed by atoms with E-state index in [4.69, 9.17) is 5.73 Å². The quantitative estimate of drug-likeness (QED) is 0.897. The van der Waals surface area contributed by atoms with Crippen LogP contribution in [0.1, 0.15) is 18.9 Å². The molecule has 0 spiro atoms. The number of rotatable bonds is 3. The largest absolute Gasteiger partial charge is 0.326 e. The first-order valence-electron chi connectivity index (χ1n) is 4.66. The van der Waals surface area contributed by atoms with Crippen molar-refractivity contribution in [3.63, 3.8) is 0 Å². The summed E-state index contributed by atoms with van der Waals surface area (Å²) in [6.07, 6.45) is 2.66. The van der Waals surface area contributed by atoms with Crippen LogP contribution in [0.3, 0.4) is 0 Å². The van der Waals surface area contributed by atoms with Gasteiger partial charge in [0.25, 0.3) is 5.56 Å². The summed E-state index contributed by atoms with van der Waals surface area (Å²) in [5.74, 6) is 0. The molecule has 1 aromatic rings. The van der Waals surface area contributed by atoms with Gasteiger partial charge in [0, 0.05) is 28.8 Å². The second-order valence-electron chi connectivity index (χ2n) is 3.47. The van der Waals surface area contributed by atoms with Crippen molar-refractivity contribution in [2.75, 3.05) is 0 Å². The minimum Gasteiger partial charge on any atom is -0.326 e. The summed E-state index contributed by atoms with van der Waals surface area (Å²) in [5, 5.41) is 0. The maximum absolute atomic E-state index is 11.7. The molecule has 14 heavy (non-hydrogen) atoms. The maximum atomic E-state index is 11.7. The van der Waals surface area contributed by atoms with E-state index in [9.17, 15) is 4.79 Å². The summed E-state index contributed by atoms with van der Waals surface area (Å²) < 4.78 is 2.58. The Kier molecular flexibility index (Phi) is 3.89. The fraction of sp³-hybridized carbons (Fsp3) is 0.500. The smallest absolute Gasteiger partial charge is 0.253 e. The maximum Gasteiger partial charge on any atom is 0.253 e. The van der Waals surface area contributed by atoms with E-state index in [-0.39, 0.29) is 11.6 Å². The summed E-state index contributed by atoms with van der Waals surface area (Å²) in [7, 11) is 0. The molecule has 1 aromatic heterocycles. The van der Waals surface area contributed by atoms with E-state index in [0.29, 0.717) is 6.54 Å². The molecule has 4 heteroatoms. The molecule has 0 fully saturated rings. The first kappa shape index (κ1) is 11.5. The summed E-state index contributed by atoms with van der Waals surface area (Å²) in [6, 6.07) is 1.86. The molecule has 0 saturated heterocycles. The van der Waals surface area contributed by atoms with Gasteiger partial charge in [-0.05, 0) is 35.3 Å². The van der Waals surface area contributed by atoms with Crippen LogP contribution in [0, 0.1) is 6.92 Å². The summed E-state index contributed by atoms with van der Waals surface area (Å²) in [4.78, 5) is 11.7. The Bertz CT molecular complexity index is 373. The third-order valence-electron chi connectivity index (χ3n) is 2.19. The molecule has 0 aromatic carbocycles. The van der Waals surface area contributed by atoms with Gasteiger partial charge in [0.1, 0.15) is 0 Å². The van der Waals surface area contributed by atoms with Crippen LogP contribution in [0.4, 0.5) is 0 Å². The third kappa shape index (κ3) is 2.69. The van der Waals surface area contributed by atoms with Crippen molar-refractivity contribution in [2.45, 2.75) is 32.9 Å². The Labute approximate surface area is 92.1 Å². The number of halogens is 1. The minimum absolute atomic E-state index is 0.0390. The van der Waals surface area contributed by atoms with Gasteiger partial charge < -0.3 is 10.3 Å². The van der Waals surface area contributed by atoms with Crippen molar-refractivity contribution >= 4 is 15.9 Å². The Morgan fingerprint density at radius 3 is 2.86 bits per heavy atom. The Balaban J connectivity index is 3.02. The molecule has 0 aliphatic heterocycles. The third-order valence-corrected chi connectivity index (χ3v) is 2.62. The molecule has 0 saturated carbocycles. The highest BCUT2D eigenvalue weighted by Gasteiger charge is 2.05. The van der Waals surface area contributed by atoms with E-state index in [1.165, 1.54) is 0 Å². The molecule has 0 bridgehead atoms. The van der Waals surface area contributed by atoms with Crippen LogP contribution in [-0.2, 0) is 6.54 Å². The van der Waals surface area contributed by atoms with Crippen LogP contribution in [0.25, 0.3) is 0 Å². The number of hydrogen-bond donors (Lipinski definition) is 1. The van der Waals surface area contributed by atoms with E-state index in [0.717, 1.165) is 16.5 Å². The van der Waals surface area contributed by atoms with E-state index >= 15 is 0 Å². The van der Waals surface area contributed by atoms with Crippen molar-refractivity contribution in [2.24, 2.45) is 5.73 Å². The van der Waals surface area contributed by atoms with Crippen molar-refractivity contribution in [3.05, 3.63) is 32.7 Å². The van der Waals surface area contributed by atoms with E-state index in [1.807, 2.05) is 13.0 Å². The molecule has 78 valence electrons. The Morgan fingerprint density at radius 2 is 2.29 bits per heavy atom. The summed E-state index contributed by atoms with van der Waals surface area (Å²) >= 11 is 3.36. The average molecular weight is 259 g/mol. The monoisotopic (exact) mass is 258 g/mol. The number of aryl methyl sites for hydroxylation is 1. The number of pyridine rings is 1. The van der Waals surface area contributed by atoms with Crippen molar-refractivity contribution in [1.82, 2.24) is 4.57 Å². The van der Waals surface area contributed by atoms with Crippen LogP contribution >= 0.6 is 15.9 Å². The van der Waals surface area contributed by atoms with Crippen molar-refractivity contribution in [3.8, 4) is 0 Å².